The number of carbonyl (C=O) groups is 3. The van der Waals surface area contributed by atoms with E-state index in [0.717, 1.165) is 5.56 Å². The van der Waals surface area contributed by atoms with Crippen LogP contribution in [0.3, 0.4) is 0 Å². The largest absolute Gasteiger partial charge is 0.445 e. The Labute approximate surface area is 208 Å². The third-order valence-corrected chi connectivity index (χ3v) is 5.76. The Morgan fingerprint density at radius 3 is 2.40 bits per heavy atom. The van der Waals surface area contributed by atoms with Crippen molar-refractivity contribution in [3.63, 3.8) is 0 Å². The molecule has 1 unspecified atom stereocenters. The van der Waals surface area contributed by atoms with Gasteiger partial charge in [-0.2, -0.15) is 0 Å². The van der Waals surface area contributed by atoms with Crippen LogP contribution in [0.1, 0.15) is 66.4 Å². The molecule has 0 aromatic heterocycles. The third kappa shape index (κ3) is 9.76. The molecule has 0 bridgehead atoms. The zero-order chi connectivity index (χ0) is 26.2. The van der Waals surface area contributed by atoms with Crippen molar-refractivity contribution in [3.8, 4) is 0 Å². The summed E-state index contributed by atoms with van der Waals surface area (Å²) in [6.45, 7) is 11.3. The summed E-state index contributed by atoms with van der Waals surface area (Å²) in [5.41, 5.74) is 0.192. The first-order valence-electron chi connectivity index (χ1n) is 12.3. The Bertz CT molecular complexity index is 839. The number of alkyl carbamates (subject to hydrolysis) is 1. The van der Waals surface area contributed by atoms with Crippen LogP contribution in [0, 0.1) is 5.92 Å². The van der Waals surface area contributed by atoms with E-state index in [1.807, 2.05) is 51.1 Å². The standard InChI is InChI=1S/C26H41N3O6/c1-17(2)14-21(28-24(32)35-26(4,5)6)23(31)27-20-13-12-18(3)29(15-22(20)30)25(33)34-16-19-10-8-7-9-11-19/h7-11,17-18,20-22,30H,12-16H2,1-6H3,(H,27,31)(H,28,32)/t18-,20+,21?,22+/m0/s1. The van der Waals surface area contributed by atoms with Crippen LogP contribution in [-0.4, -0.2) is 64.5 Å². The topological polar surface area (TPSA) is 117 Å². The number of aliphatic hydroxyl groups is 1. The lowest BCUT2D eigenvalue weighted by Crippen LogP contribution is -2.54. The first-order chi connectivity index (χ1) is 16.4. The number of rotatable bonds is 7. The minimum atomic E-state index is -0.977. The third-order valence-electron chi connectivity index (χ3n) is 5.76. The SMILES string of the molecule is CC(C)CC(NC(=O)OC(C)(C)C)C(=O)N[C@@H]1CC[C@H](C)N(C(=O)OCc2ccccc2)C[C@H]1O. The maximum absolute atomic E-state index is 13.1. The number of aliphatic hydroxyl groups excluding tert-OH is 1. The lowest BCUT2D eigenvalue weighted by molar-refractivity contribution is -0.125. The molecule has 196 valence electrons. The molecule has 0 radical (unpaired) electrons. The number of nitrogens with one attached hydrogen (secondary N) is 2. The number of hydrogen-bond acceptors (Lipinski definition) is 6. The summed E-state index contributed by atoms with van der Waals surface area (Å²) in [5, 5.41) is 16.4. The summed E-state index contributed by atoms with van der Waals surface area (Å²) in [6.07, 6.45) is -0.664. The summed E-state index contributed by atoms with van der Waals surface area (Å²) < 4.78 is 10.8. The molecule has 9 heteroatoms. The number of likely N-dealkylation sites (tertiary alicyclic amines) is 1. The number of amides is 3. The van der Waals surface area contributed by atoms with Gasteiger partial charge in [-0.05, 0) is 58.4 Å². The molecular formula is C26H41N3O6. The van der Waals surface area contributed by atoms with Gasteiger partial charge < -0.3 is 30.1 Å². The highest BCUT2D eigenvalue weighted by Gasteiger charge is 2.35. The van der Waals surface area contributed by atoms with Gasteiger partial charge in [0.05, 0.1) is 18.7 Å². The number of β-amino-alcohol motifs (C(OH)–C–C–N with tert-alkyl or cyclic N) is 1. The van der Waals surface area contributed by atoms with Crippen molar-refractivity contribution in [2.75, 3.05) is 6.54 Å². The Balaban J connectivity index is 1.99. The Morgan fingerprint density at radius 2 is 1.80 bits per heavy atom. The molecule has 3 amide bonds. The molecule has 1 aliphatic heterocycles. The van der Waals surface area contributed by atoms with E-state index in [2.05, 4.69) is 10.6 Å². The van der Waals surface area contributed by atoms with Gasteiger partial charge in [-0.25, -0.2) is 9.59 Å². The number of nitrogens with zero attached hydrogens (tertiary/aromatic N) is 1. The molecule has 1 aliphatic rings. The average molecular weight is 492 g/mol. The van der Waals surface area contributed by atoms with Gasteiger partial charge in [-0.15, -0.1) is 0 Å². The van der Waals surface area contributed by atoms with E-state index in [1.165, 1.54) is 4.90 Å². The molecule has 0 saturated carbocycles. The molecule has 1 fully saturated rings. The van der Waals surface area contributed by atoms with Crippen molar-refractivity contribution < 1.29 is 29.0 Å². The highest BCUT2D eigenvalue weighted by atomic mass is 16.6. The number of carbonyl (C=O) groups excluding carboxylic acids is 3. The van der Waals surface area contributed by atoms with Gasteiger partial charge in [0.1, 0.15) is 18.2 Å². The number of ether oxygens (including phenoxy) is 2. The van der Waals surface area contributed by atoms with Crippen molar-refractivity contribution in [1.29, 1.82) is 0 Å². The van der Waals surface area contributed by atoms with E-state index in [0.29, 0.717) is 19.3 Å². The second-order valence-electron chi connectivity index (χ2n) is 10.6. The Hall–Kier alpha value is -2.81. The van der Waals surface area contributed by atoms with E-state index in [-0.39, 0.29) is 31.0 Å². The zero-order valence-corrected chi connectivity index (χ0v) is 21.7. The average Bonchev–Trinajstić information content (AvgIpc) is 2.89. The molecule has 0 spiro atoms. The van der Waals surface area contributed by atoms with E-state index in [9.17, 15) is 19.5 Å². The zero-order valence-electron chi connectivity index (χ0n) is 21.7. The van der Waals surface area contributed by atoms with E-state index < -0.39 is 36.0 Å². The van der Waals surface area contributed by atoms with Gasteiger partial charge in [0, 0.05) is 6.04 Å². The fourth-order valence-corrected chi connectivity index (χ4v) is 3.94. The highest BCUT2D eigenvalue weighted by molar-refractivity contribution is 5.86. The van der Waals surface area contributed by atoms with Crippen molar-refractivity contribution >= 4 is 18.1 Å². The van der Waals surface area contributed by atoms with Gasteiger partial charge in [0.25, 0.3) is 0 Å². The summed E-state index contributed by atoms with van der Waals surface area (Å²) in [7, 11) is 0. The van der Waals surface area contributed by atoms with Gasteiger partial charge in [0.2, 0.25) is 5.91 Å². The van der Waals surface area contributed by atoms with Crippen LogP contribution in [0.15, 0.2) is 30.3 Å². The van der Waals surface area contributed by atoms with Crippen molar-refractivity contribution in [3.05, 3.63) is 35.9 Å². The first kappa shape index (κ1) is 28.4. The predicted molar refractivity (Wildman–Crippen MR) is 133 cm³/mol. The highest BCUT2D eigenvalue weighted by Crippen LogP contribution is 2.20. The monoisotopic (exact) mass is 491 g/mol. The number of benzene rings is 1. The maximum atomic E-state index is 13.1. The Morgan fingerprint density at radius 1 is 1.14 bits per heavy atom. The van der Waals surface area contributed by atoms with Gasteiger partial charge in [-0.1, -0.05) is 44.2 Å². The second-order valence-corrected chi connectivity index (χ2v) is 10.6. The molecule has 1 aromatic rings. The Kier molecular flexibility index (Phi) is 10.4. The van der Waals surface area contributed by atoms with Crippen LogP contribution < -0.4 is 10.6 Å². The van der Waals surface area contributed by atoms with Crippen LogP contribution >= 0.6 is 0 Å². The fourth-order valence-electron chi connectivity index (χ4n) is 3.94. The summed E-state index contributed by atoms with van der Waals surface area (Å²) in [6, 6.07) is 7.86. The molecule has 35 heavy (non-hydrogen) atoms. The lowest BCUT2D eigenvalue weighted by atomic mass is 10.0. The van der Waals surface area contributed by atoms with Gasteiger partial charge in [-0.3, -0.25) is 4.79 Å². The van der Waals surface area contributed by atoms with Crippen LogP contribution in [0.2, 0.25) is 0 Å². The normalized spacial score (nSPS) is 21.6. The molecule has 1 aromatic carbocycles. The van der Waals surface area contributed by atoms with Gasteiger partial charge >= 0.3 is 12.2 Å². The van der Waals surface area contributed by atoms with Crippen molar-refractivity contribution in [2.45, 2.75) is 97.2 Å². The molecular weight excluding hydrogens is 450 g/mol. The van der Waals surface area contributed by atoms with Crippen molar-refractivity contribution in [1.82, 2.24) is 15.5 Å². The van der Waals surface area contributed by atoms with Crippen LogP contribution in [-0.2, 0) is 20.9 Å². The molecule has 3 N–H and O–H groups in total. The molecule has 1 heterocycles. The molecule has 2 rings (SSSR count). The first-order valence-corrected chi connectivity index (χ1v) is 12.3. The number of hydrogen-bond donors (Lipinski definition) is 3. The summed E-state index contributed by atoms with van der Waals surface area (Å²) in [5.74, 6) is -0.240. The molecule has 4 atom stereocenters. The summed E-state index contributed by atoms with van der Waals surface area (Å²) in [4.78, 5) is 39.6. The van der Waals surface area contributed by atoms with E-state index in [4.69, 9.17) is 9.47 Å². The van der Waals surface area contributed by atoms with E-state index >= 15 is 0 Å². The predicted octanol–water partition coefficient (Wildman–Crippen LogP) is 3.59. The smallest absolute Gasteiger partial charge is 0.410 e. The van der Waals surface area contributed by atoms with Crippen LogP contribution in [0.5, 0.6) is 0 Å². The lowest BCUT2D eigenvalue weighted by Gasteiger charge is -2.29. The summed E-state index contributed by atoms with van der Waals surface area (Å²) >= 11 is 0. The second kappa shape index (κ2) is 12.8. The fraction of sp³-hybridized carbons (Fsp3) is 0.654. The molecule has 0 aliphatic carbocycles. The van der Waals surface area contributed by atoms with Gasteiger partial charge in [0.15, 0.2) is 0 Å². The molecule has 1 saturated heterocycles. The van der Waals surface area contributed by atoms with Crippen LogP contribution in [0.25, 0.3) is 0 Å². The minimum absolute atomic E-state index is 0.0358. The van der Waals surface area contributed by atoms with Crippen LogP contribution in [0.4, 0.5) is 9.59 Å². The molecule has 9 nitrogen and oxygen atoms in total. The van der Waals surface area contributed by atoms with Crippen molar-refractivity contribution in [2.24, 2.45) is 5.92 Å². The minimum Gasteiger partial charge on any atom is -0.445 e. The quantitative estimate of drug-likeness (QED) is 0.537. The maximum Gasteiger partial charge on any atom is 0.410 e. The van der Waals surface area contributed by atoms with E-state index in [1.54, 1.807) is 20.8 Å².